The van der Waals surface area contributed by atoms with E-state index >= 15 is 0 Å². The molecular formula is C9H9BrN2. The molecule has 0 fully saturated rings. The first-order chi connectivity index (χ1) is 5.81. The predicted molar refractivity (Wildman–Crippen MR) is 53.2 cm³/mol. The van der Waals surface area contributed by atoms with Crippen molar-refractivity contribution in [1.82, 2.24) is 4.98 Å². The lowest BCUT2D eigenvalue weighted by molar-refractivity contribution is 0.986. The second-order valence-corrected chi connectivity index (χ2v) is 3.68. The van der Waals surface area contributed by atoms with E-state index in [0.717, 1.165) is 23.3 Å². The second-order valence-electron chi connectivity index (χ2n) is 2.76. The van der Waals surface area contributed by atoms with Gasteiger partial charge < -0.3 is 4.90 Å². The number of anilines is 1. The van der Waals surface area contributed by atoms with E-state index in [1.807, 2.05) is 12.4 Å². The highest BCUT2D eigenvalue weighted by Gasteiger charge is 2.17. The SMILES string of the molecule is C=CN1CCc2cc(Br)cnc21. The van der Waals surface area contributed by atoms with Gasteiger partial charge in [0.2, 0.25) is 0 Å². The molecule has 0 radical (unpaired) electrons. The molecule has 12 heavy (non-hydrogen) atoms. The highest BCUT2D eigenvalue weighted by molar-refractivity contribution is 9.10. The van der Waals surface area contributed by atoms with Gasteiger partial charge in [-0.3, -0.25) is 0 Å². The maximum absolute atomic E-state index is 4.32. The number of hydrogen-bond donors (Lipinski definition) is 0. The summed E-state index contributed by atoms with van der Waals surface area (Å²) in [6, 6.07) is 2.12. The minimum atomic E-state index is 1.00. The molecule has 2 nitrogen and oxygen atoms in total. The monoisotopic (exact) mass is 224 g/mol. The smallest absolute Gasteiger partial charge is 0.135 e. The maximum atomic E-state index is 4.32. The summed E-state index contributed by atoms with van der Waals surface area (Å²) >= 11 is 3.40. The van der Waals surface area contributed by atoms with Crippen molar-refractivity contribution in [2.45, 2.75) is 6.42 Å². The molecule has 1 aliphatic heterocycles. The fourth-order valence-electron chi connectivity index (χ4n) is 1.44. The standard InChI is InChI=1S/C9H9BrN2/c1-2-12-4-3-7-5-8(10)6-11-9(7)12/h2,5-6H,1,3-4H2. The molecule has 0 atom stereocenters. The van der Waals surface area contributed by atoms with Crippen molar-refractivity contribution in [3.05, 3.63) is 35.1 Å². The van der Waals surface area contributed by atoms with Gasteiger partial charge in [0.15, 0.2) is 0 Å². The molecule has 3 heteroatoms. The summed E-state index contributed by atoms with van der Waals surface area (Å²) in [4.78, 5) is 6.39. The van der Waals surface area contributed by atoms with Gasteiger partial charge >= 0.3 is 0 Å². The molecule has 0 aromatic carbocycles. The molecule has 0 amide bonds. The van der Waals surface area contributed by atoms with Gasteiger partial charge in [0.05, 0.1) is 0 Å². The van der Waals surface area contributed by atoms with Crippen LogP contribution in [0.2, 0.25) is 0 Å². The molecule has 0 saturated heterocycles. The predicted octanol–water partition coefficient (Wildman–Crippen LogP) is 2.35. The summed E-state index contributed by atoms with van der Waals surface area (Å²) in [5.74, 6) is 1.05. The third kappa shape index (κ3) is 1.14. The zero-order valence-electron chi connectivity index (χ0n) is 6.63. The summed E-state index contributed by atoms with van der Waals surface area (Å²) in [6.07, 6.45) is 4.71. The quantitative estimate of drug-likeness (QED) is 0.729. The van der Waals surface area contributed by atoms with Gasteiger partial charge in [0, 0.05) is 17.2 Å². The fraction of sp³-hybridized carbons (Fsp3) is 0.222. The van der Waals surface area contributed by atoms with Crippen molar-refractivity contribution < 1.29 is 0 Å². The number of nitrogens with zero attached hydrogens (tertiary/aromatic N) is 2. The largest absolute Gasteiger partial charge is 0.333 e. The second kappa shape index (κ2) is 2.90. The summed E-state index contributed by atoms with van der Waals surface area (Å²) in [6.45, 7) is 4.74. The number of aromatic nitrogens is 1. The van der Waals surface area contributed by atoms with Crippen molar-refractivity contribution in [1.29, 1.82) is 0 Å². The van der Waals surface area contributed by atoms with E-state index in [0.29, 0.717) is 0 Å². The van der Waals surface area contributed by atoms with Crippen LogP contribution >= 0.6 is 15.9 Å². The molecule has 62 valence electrons. The first-order valence-corrected chi connectivity index (χ1v) is 4.64. The van der Waals surface area contributed by atoms with E-state index in [2.05, 4.69) is 38.5 Å². The van der Waals surface area contributed by atoms with E-state index < -0.39 is 0 Å². The van der Waals surface area contributed by atoms with Gasteiger partial charge in [-0.2, -0.15) is 0 Å². The minimum absolute atomic E-state index is 1.00. The van der Waals surface area contributed by atoms with Crippen LogP contribution in [0.1, 0.15) is 5.56 Å². The summed E-state index contributed by atoms with van der Waals surface area (Å²) in [5, 5.41) is 0. The van der Waals surface area contributed by atoms with Gasteiger partial charge in [-0.15, -0.1) is 0 Å². The topological polar surface area (TPSA) is 16.1 Å². The molecule has 0 bridgehead atoms. The third-order valence-electron chi connectivity index (χ3n) is 2.02. The molecule has 0 spiro atoms. The van der Waals surface area contributed by atoms with Crippen LogP contribution in [0.25, 0.3) is 0 Å². The van der Waals surface area contributed by atoms with E-state index in [-0.39, 0.29) is 0 Å². The van der Waals surface area contributed by atoms with Crippen LogP contribution in [0.3, 0.4) is 0 Å². The van der Waals surface area contributed by atoms with Gasteiger partial charge in [0.1, 0.15) is 5.82 Å². The number of halogens is 1. The molecule has 0 N–H and O–H groups in total. The summed E-state index contributed by atoms with van der Waals surface area (Å²) < 4.78 is 1.05. The summed E-state index contributed by atoms with van der Waals surface area (Å²) in [5.41, 5.74) is 1.30. The minimum Gasteiger partial charge on any atom is -0.333 e. The van der Waals surface area contributed by atoms with Crippen LogP contribution in [-0.2, 0) is 6.42 Å². The van der Waals surface area contributed by atoms with Crippen molar-refractivity contribution >= 4 is 21.7 Å². The number of fused-ring (bicyclic) bond motifs is 1. The van der Waals surface area contributed by atoms with E-state index in [4.69, 9.17) is 0 Å². The van der Waals surface area contributed by atoms with Crippen molar-refractivity contribution in [2.24, 2.45) is 0 Å². The molecule has 0 unspecified atom stereocenters. The Hall–Kier alpha value is -0.830. The Bertz CT molecular complexity index is 322. The van der Waals surface area contributed by atoms with Gasteiger partial charge in [-0.05, 0) is 40.2 Å². The molecule has 2 rings (SSSR count). The van der Waals surface area contributed by atoms with Crippen molar-refractivity contribution in [3.63, 3.8) is 0 Å². The molecule has 0 saturated carbocycles. The van der Waals surface area contributed by atoms with Crippen LogP contribution in [0.5, 0.6) is 0 Å². The average Bonchev–Trinajstić information content (AvgIpc) is 2.46. The zero-order valence-corrected chi connectivity index (χ0v) is 8.21. The lowest BCUT2D eigenvalue weighted by atomic mass is 10.2. The van der Waals surface area contributed by atoms with Gasteiger partial charge in [0.25, 0.3) is 0 Å². The lowest BCUT2D eigenvalue weighted by Gasteiger charge is -2.10. The Morgan fingerprint density at radius 2 is 2.50 bits per heavy atom. The van der Waals surface area contributed by atoms with Crippen LogP contribution < -0.4 is 4.90 Å². The van der Waals surface area contributed by atoms with Crippen molar-refractivity contribution in [2.75, 3.05) is 11.4 Å². The van der Waals surface area contributed by atoms with E-state index in [1.165, 1.54) is 5.56 Å². The van der Waals surface area contributed by atoms with Crippen LogP contribution in [0, 0.1) is 0 Å². The molecule has 1 aromatic heterocycles. The summed E-state index contributed by atoms with van der Waals surface area (Å²) in [7, 11) is 0. The third-order valence-corrected chi connectivity index (χ3v) is 2.46. The molecule has 0 aliphatic carbocycles. The highest BCUT2D eigenvalue weighted by atomic mass is 79.9. The highest BCUT2D eigenvalue weighted by Crippen LogP contribution is 2.27. The Labute approximate surface area is 80.0 Å². The normalized spacial score (nSPS) is 14.6. The van der Waals surface area contributed by atoms with Crippen LogP contribution in [0.15, 0.2) is 29.5 Å². The number of hydrogen-bond acceptors (Lipinski definition) is 2. The Morgan fingerprint density at radius 3 is 3.25 bits per heavy atom. The Kier molecular flexibility index (Phi) is 1.89. The Balaban J connectivity index is 2.47. The molecule has 1 aliphatic rings. The maximum Gasteiger partial charge on any atom is 0.135 e. The average molecular weight is 225 g/mol. The van der Waals surface area contributed by atoms with Crippen LogP contribution in [-0.4, -0.2) is 11.5 Å². The molecular weight excluding hydrogens is 216 g/mol. The number of rotatable bonds is 1. The lowest BCUT2D eigenvalue weighted by Crippen LogP contribution is -2.11. The van der Waals surface area contributed by atoms with E-state index in [1.54, 1.807) is 0 Å². The van der Waals surface area contributed by atoms with Crippen LogP contribution in [0.4, 0.5) is 5.82 Å². The Morgan fingerprint density at radius 1 is 1.67 bits per heavy atom. The number of pyridine rings is 1. The molecule has 1 aromatic rings. The molecule has 2 heterocycles. The first-order valence-electron chi connectivity index (χ1n) is 3.85. The van der Waals surface area contributed by atoms with Gasteiger partial charge in [-0.1, -0.05) is 6.58 Å². The zero-order chi connectivity index (χ0) is 8.55. The fourth-order valence-corrected chi connectivity index (χ4v) is 1.82. The van der Waals surface area contributed by atoms with Gasteiger partial charge in [-0.25, -0.2) is 4.98 Å². The van der Waals surface area contributed by atoms with Crippen molar-refractivity contribution in [3.8, 4) is 0 Å². The first kappa shape index (κ1) is 7.80. The van der Waals surface area contributed by atoms with E-state index in [9.17, 15) is 0 Å².